The van der Waals surface area contributed by atoms with Crippen molar-refractivity contribution in [2.45, 2.75) is 31.6 Å². The molecule has 35 heavy (non-hydrogen) atoms. The SMILES string of the molecule is CC1=C(C(=O)Nc2ccccn2)[C@H](c2ccc(N(C)C)cc2)C2=C(C[C@@H](c3ccco3)CC2=O)N1. The highest BCUT2D eigenvalue weighted by atomic mass is 16.3. The van der Waals surface area contributed by atoms with Crippen LogP contribution in [-0.4, -0.2) is 30.8 Å². The Bertz CT molecular complexity index is 1310. The molecule has 0 fully saturated rings. The normalized spacial score (nSPS) is 19.8. The highest BCUT2D eigenvalue weighted by molar-refractivity contribution is 6.09. The molecule has 7 heteroatoms. The van der Waals surface area contributed by atoms with Crippen molar-refractivity contribution >= 4 is 23.2 Å². The summed E-state index contributed by atoms with van der Waals surface area (Å²) in [6.45, 7) is 1.89. The molecule has 0 unspecified atom stereocenters. The van der Waals surface area contributed by atoms with Crippen LogP contribution in [0.1, 0.15) is 42.9 Å². The third kappa shape index (κ3) is 4.37. The first-order chi connectivity index (χ1) is 16.9. The Kier molecular flexibility index (Phi) is 5.99. The Hall–Kier alpha value is -4.13. The average molecular weight is 469 g/mol. The second kappa shape index (κ2) is 9.25. The maximum atomic E-state index is 13.6. The number of hydrogen-bond donors (Lipinski definition) is 2. The smallest absolute Gasteiger partial charge is 0.255 e. The van der Waals surface area contributed by atoms with Crippen molar-refractivity contribution in [3.63, 3.8) is 0 Å². The number of ketones is 1. The molecule has 1 aliphatic carbocycles. The second-order valence-corrected chi connectivity index (χ2v) is 9.19. The summed E-state index contributed by atoms with van der Waals surface area (Å²) in [6, 6.07) is 17.2. The fourth-order valence-electron chi connectivity index (χ4n) is 4.98. The summed E-state index contributed by atoms with van der Waals surface area (Å²) in [5.74, 6) is 0.514. The van der Waals surface area contributed by atoms with Crippen molar-refractivity contribution in [2.24, 2.45) is 0 Å². The van der Waals surface area contributed by atoms with Gasteiger partial charge in [0.25, 0.3) is 5.91 Å². The standard InChI is InChI=1S/C28H28N4O3/c1-17-25(28(34)31-24-8-4-5-13-29-24)26(18-9-11-20(12-10-18)32(2)3)27-21(30-17)15-19(16-22(27)33)23-7-6-14-35-23/h4-14,19,26,30H,15-16H2,1-3H3,(H,29,31,34)/t19-,26+/m1/s1. The van der Waals surface area contributed by atoms with E-state index in [2.05, 4.69) is 15.6 Å². The van der Waals surface area contributed by atoms with Crippen LogP contribution in [0.3, 0.4) is 0 Å². The van der Waals surface area contributed by atoms with E-state index in [9.17, 15) is 9.59 Å². The van der Waals surface area contributed by atoms with E-state index in [0.29, 0.717) is 29.8 Å². The number of aromatic nitrogens is 1. The van der Waals surface area contributed by atoms with Crippen LogP contribution in [0.5, 0.6) is 0 Å². The van der Waals surface area contributed by atoms with Gasteiger partial charge in [-0.1, -0.05) is 18.2 Å². The summed E-state index contributed by atoms with van der Waals surface area (Å²) in [4.78, 5) is 33.4. The predicted molar refractivity (Wildman–Crippen MR) is 135 cm³/mol. The molecule has 0 spiro atoms. The first-order valence-electron chi connectivity index (χ1n) is 11.7. The van der Waals surface area contributed by atoms with Crippen LogP contribution < -0.4 is 15.5 Å². The van der Waals surface area contributed by atoms with Gasteiger partial charge in [-0.05, 0) is 55.3 Å². The first kappa shape index (κ1) is 22.7. The number of carbonyl (C=O) groups is 2. The van der Waals surface area contributed by atoms with E-state index in [0.717, 1.165) is 28.4 Å². The molecule has 0 radical (unpaired) electrons. The lowest BCUT2D eigenvalue weighted by molar-refractivity contribution is -0.116. The maximum Gasteiger partial charge on any atom is 0.255 e. The fourth-order valence-corrected chi connectivity index (χ4v) is 4.98. The van der Waals surface area contributed by atoms with E-state index in [4.69, 9.17) is 4.42 Å². The number of amides is 1. The van der Waals surface area contributed by atoms with Gasteiger partial charge in [0, 0.05) is 66.8 Å². The van der Waals surface area contributed by atoms with Crippen LogP contribution in [-0.2, 0) is 9.59 Å². The van der Waals surface area contributed by atoms with Crippen molar-refractivity contribution in [1.82, 2.24) is 10.3 Å². The summed E-state index contributed by atoms with van der Waals surface area (Å²) in [6.07, 6.45) is 4.26. The summed E-state index contributed by atoms with van der Waals surface area (Å²) < 4.78 is 5.61. The third-order valence-electron chi connectivity index (χ3n) is 6.67. The van der Waals surface area contributed by atoms with Crippen molar-refractivity contribution in [2.75, 3.05) is 24.3 Å². The fraction of sp³-hybridized carbons (Fsp3) is 0.250. The van der Waals surface area contributed by atoms with Crippen LogP contribution in [0.4, 0.5) is 11.5 Å². The second-order valence-electron chi connectivity index (χ2n) is 9.19. The molecule has 3 aromatic rings. The third-order valence-corrected chi connectivity index (χ3v) is 6.67. The summed E-state index contributed by atoms with van der Waals surface area (Å²) in [7, 11) is 3.96. The number of dihydropyridines is 1. The molecule has 0 bridgehead atoms. The van der Waals surface area contributed by atoms with Gasteiger partial charge in [0.2, 0.25) is 0 Å². The molecule has 5 rings (SSSR count). The number of allylic oxidation sites excluding steroid dienone is 3. The zero-order valence-electron chi connectivity index (χ0n) is 20.0. The van der Waals surface area contributed by atoms with Crippen LogP contribution in [0.25, 0.3) is 0 Å². The number of hydrogen-bond acceptors (Lipinski definition) is 6. The van der Waals surface area contributed by atoms with E-state index >= 15 is 0 Å². The number of Topliss-reactive ketones (excluding diaryl/α,β-unsaturated/α-hetero) is 1. The molecule has 1 amide bonds. The lowest BCUT2D eigenvalue weighted by atomic mass is 9.72. The molecule has 2 N–H and O–H groups in total. The molecule has 0 saturated carbocycles. The first-order valence-corrected chi connectivity index (χ1v) is 11.7. The molecule has 3 heterocycles. The van der Waals surface area contributed by atoms with E-state index in [1.54, 1.807) is 24.6 Å². The van der Waals surface area contributed by atoms with Crippen LogP contribution in [0.15, 0.2) is 94.0 Å². The molecule has 7 nitrogen and oxygen atoms in total. The molecular weight excluding hydrogens is 440 g/mol. The minimum atomic E-state index is -0.476. The molecule has 2 aromatic heterocycles. The highest BCUT2D eigenvalue weighted by Gasteiger charge is 2.41. The maximum absolute atomic E-state index is 13.6. The molecule has 2 atom stereocenters. The molecular formula is C28H28N4O3. The number of furan rings is 1. The van der Waals surface area contributed by atoms with Crippen molar-refractivity contribution in [3.05, 3.63) is 101 Å². The zero-order chi connectivity index (χ0) is 24.5. The molecule has 1 aromatic carbocycles. The highest BCUT2D eigenvalue weighted by Crippen LogP contribution is 2.45. The van der Waals surface area contributed by atoms with Crippen LogP contribution in [0, 0.1) is 0 Å². The lowest BCUT2D eigenvalue weighted by Gasteiger charge is -2.36. The largest absolute Gasteiger partial charge is 0.469 e. The molecule has 0 saturated heterocycles. The van der Waals surface area contributed by atoms with Gasteiger partial charge in [0.05, 0.1) is 6.26 Å². The molecule has 2 aliphatic rings. The van der Waals surface area contributed by atoms with Gasteiger partial charge < -0.3 is 20.0 Å². The number of carbonyl (C=O) groups excluding carboxylic acids is 2. The van der Waals surface area contributed by atoms with E-state index in [-0.39, 0.29) is 17.6 Å². The topological polar surface area (TPSA) is 87.5 Å². The van der Waals surface area contributed by atoms with E-state index in [1.807, 2.05) is 68.4 Å². The van der Waals surface area contributed by atoms with Crippen molar-refractivity contribution in [1.29, 1.82) is 0 Å². The van der Waals surface area contributed by atoms with Gasteiger partial charge in [-0.25, -0.2) is 4.98 Å². The van der Waals surface area contributed by atoms with Gasteiger partial charge in [-0.15, -0.1) is 0 Å². The number of rotatable bonds is 5. The lowest BCUT2D eigenvalue weighted by Crippen LogP contribution is -2.37. The zero-order valence-corrected chi connectivity index (χ0v) is 20.0. The van der Waals surface area contributed by atoms with Gasteiger partial charge in [0.1, 0.15) is 11.6 Å². The van der Waals surface area contributed by atoms with Crippen molar-refractivity contribution in [3.8, 4) is 0 Å². The number of benzene rings is 1. The quantitative estimate of drug-likeness (QED) is 0.562. The Labute approximate surface area is 204 Å². The minimum Gasteiger partial charge on any atom is -0.469 e. The van der Waals surface area contributed by atoms with Crippen LogP contribution >= 0.6 is 0 Å². The predicted octanol–water partition coefficient (Wildman–Crippen LogP) is 4.74. The number of nitrogens with one attached hydrogen (secondary N) is 2. The molecule has 178 valence electrons. The Morgan fingerprint density at radius 3 is 2.54 bits per heavy atom. The van der Waals surface area contributed by atoms with Gasteiger partial charge >= 0.3 is 0 Å². The Morgan fingerprint density at radius 2 is 1.89 bits per heavy atom. The van der Waals surface area contributed by atoms with Crippen LogP contribution in [0.2, 0.25) is 0 Å². The monoisotopic (exact) mass is 468 g/mol. The summed E-state index contributed by atoms with van der Waals surface area (Å²) in [5.41, 5.74) is 4.71. The van der Waals surface area contributed by atoms with Gasteiger partial charge in [-0.2, -0.15) is 0 Å². The average Bonchev–Trinajstić information content (AvgIpc) is 3.39. The Balaban J connectivity index is 1.57. The van der Waals surface area contributed by atoms with Gasteiger partial charge in [0.15, 0.2) is 5.78 Å². The van der Waals surface area contributed by atoms with E-state index < -0.39 is 5.92 Å². The Morgan fingerprint density at radius 1 is 1.09 bits per heavy atom. The van der Waals surface area contributed by atoms with Gasteiger partial charge in [-0.3, -0.25) is 9.59 Å². The number of anilines is 2. The number of nitrogens with zero attached hydrogens (tertiary/aromatic N) is 2. The molecule has 1 aliphatic heterocycles. The number of pyridine rings is 1. The van der Waals surface area contributed by atoms with E-state index in [1.165, 1.54) is 0 Å². The summed E-state index contributed by atoms with van der Waals surface area (Å²) >= 11 is 0. The minimum absolute atomic E-state index is 0.0254. The van der Waals surface area contributed by atoms with Crippen molar-refractivity contribution < 1.29 is 14.0 Å². The summed E-state index contributed by atoms with van der Waals surface area (Å²) in [5, 5.41) is 6.30.